The van der Waals surface area contributed by atoms with E-state index in [-0.39, 0.29) is 0 Å². The number of aromatic nitrogens is 4. The van der Waals surface area contributed by atoms with E-state index >= 15 is 0 Å². The van der Waals surface area contributed by atoms with Crippen molar-refractivity contribution in [3.63, 3.8) is 0 Å². The quantitative estimate of drug-likeness (QED) is 0.675. The van der Waals surface area contributed by atoms with Crippen LogP contribution in [0.15, 0.2) is 46.3 Å². The Hall–Kier alpha value is -2.28. The number of aryl methyl sites for hydroxylation is 1. The second-order valence-corrected chi connectivity index (χ2v) is 5.30. The fourth-order valence-corrected chi connectivity index (χ4v) is 2.58. The lowest BCUT2D eigenvalue weighted by atomic mass is 10.2. The molecule has 2 aromatic heterocycles. The van der Waals surface area contributed by atoms with Crippen LogP contribution in [0.2, 0.25) is 0 Å². The maximum absolute atomic E-state index is 5.27. The van der Waals surface area contributed by atoms with Crippen molar-refractivity contribution in [3.8, 4) is 17.1 Å². The van der Waals surface area contributed by atoms with Crippen LogP contribution in [0, 0.1) is 0 Å². The fraction of sp³-hybridized carbons (Fsp3) is 0.214. The van der Waals surface area contributed by atoms with Crippen molar-refractivity contribution in [2.45, 2.75) is 10.9 Å². The Morgan fingerprint density at radius 1 is 1.38 bits per heavy atom. The van der Waals surface area contributed by atoms with Crippen molar-refractivity contribution in [1.29, 1.82) is 0 Å². The van der Waals surface area contributed by atoms with Gasteiger partial charge in [0.1, 0.15) is 5.75 Å². The van der Waals surface area contributed by atoms with E-state index in [9.17, 15) is 0 Å². The van der Waals surface area contributed by atoms with Crippen molar-refractivity contribution >= 4 is 11.8 Å². The maximum atomic E-state index is 5.27. The third-order valence-corrected chi connectivity index (χ3v) is 3.94. The highest BCUT2D eigenvalue weighted by atomic mass is 32.2. The number of benzene rings is 1. The number of methoxy groups -OCH3 is 1. The zero-order valence-corrected chi connectivity index (χ0v) is 12.5. The van der Waals surface area contributed by atoms with Gasteiger partial charge in [0.15, 0.2) is 5.16 Å². The molecule has 6 nitrogen and oxygen atoms in total. The first kappa shape index (κ1) is 13.7. The fourth-order valence-electron chi connectivity index (χ4n) is 1.81. The van der Waals surface area contributed by atoms with Gasteiger partial charge in [0, 0.05) is 25.0 Å². The number of rotatable bonds is 5. The Kier molecular flexibility index (Phi) is 3.92. The molecule has 21 heavy (non-hydrogen) atoms. The number of thioether (sulfide) groups is 1. The van der Waals surface area contributed by atoms with Gasteiger partial charge in [0.2, 0.25) is 11.7 Å². The molecule has 0 saturated heterocycles. The van der Waals surface area contributed by atoms with E-state index in [1.54, 1.807) is 25.1 Å². The number of ether oxygens (including phenoxy) is 1. The van der Waals surface area contributed by atoms with E-state index in [1.165, 1.54) is 0 Å². The van der Waals surface area contributed by atoms with Crippen molar-refractivity contribution in [3.05, 3.63) is 42.5 Å². The zero-order chi connectivity index (χ0) is 14.7. The molecule has 3 rings (SSSR count). The number of hydrogen-bond acceptors (Lipinski definition) is 6. The summed E-state index contributed by atoms with van der Waals surface area (Å²) < 4.78 is 12.4. The van der Waals surface area contributed by atoms with E-state index in [0.29, 0.717) is 17.5 Å². The van der Waals surface area contributed by atoms with Gasteiger partial charge in [0.25, 0.3) is 0 Å². The first-order valence-corrected chi connectivity index (χ1v) is 7.32. The third-order valence-electron chi connectivity index (χ3n) is 2.90. The minimum atomic E-state index is 0.560. The number of imidazole rings is 1. The van der Waals surface area contributed by atoms with E-state index in [2.05, 4.69) is 15.1 Å². The molecule has 0 amide bonds. The van der Waals surface area contributed by atoms with Gasteiger partial charge in [-0.15, -0.1) is 0 Å². The smallest absolute Gasteiger partial charge is 0.237 e. The van der Waals surface area contributed by atoms with Gasteiger partial charge in [-0.25, -0.2) is 4.98 Å². The highest BCUT2D eigenvalue weighted by Gasteiger charge is 2.10. The van der Waals surface area contributed by atoms with E-state index in [1.807, 2.05) is 42.1 Å². The molecule has 0 bridgehead atoms. The largest absolute Gasteiger partial charge is 0.497 e. The molecule has 2 heterocycles. The summed E-state index contributed by atoms with van der Waals surface area (Å²) in [6.45, 7) is 0. The van der Waals surface area contributed by atoms with Crippen LogP contribution in [0.25, 0.3) is 11.4 Å². The predicted octanol–water partition coefficient (Wildman–Crippen LogP) is 2.77. The minimum Gasteiger partial charge on any atom is -0.497 e. The monoisotopic (exact) mass is 302 g/mol. The van der Waals surface area contributed by atoms with Crippen LogP contribution in [-0.4, -0.2) is 26.8 Å². The van der Waals surface area contributed by atoms with Gasteiger partial charge < -0.3 is 13.8 Å². The summed E-state index contributed by atoms with van der Waals surface area (Å²) in [6.07, 6.45) is 3.66. The summed E-state index contributed by atoms with van der Waals surface area (Å²) in [5.74, 6) is 2.48. The summed E-state index contributed by atoms with van der Waals surface area (Å²) in [6, 6.07) is 7.57. The molecule has 0 aliphatic heterocycles. The third kappa shape index (κ3) is 3.08. The summed E-state index contributed by atoms with van der Waals surface area (Å²) in [5, 5.41) is 4.92. The van der Waals surface area contributed by atoms with Crippen molar-refractivity contribution in [1.82, 2.24) is 19.7 Å². The van der Waals surface area contributed by atoms with Crippen LogP contribution in [-0.2, 0) is 12.8 Å². The number of hydrogen-bond donors (Lipinski definition) is 0. The van der Waals surface area contributed by atoms with Crippen LogP contribution in [0.1, 0.15) is 5.89 Å². The standard InChI is InChI=1S/C14H14N4O2S/c1-18-7-6-15-14(18)21-9-12-16-13(17-20-12)10-4-3-5-11(8-10)19-2/h3-8H,9H2,1-2H3. The topological polar surface area (TPSA) is 66.0 Å². The first-order chi connectivity index (χ1) is 10.3. The molecule has 3 aromatic rings. The van der Waals surface area contributed by atoms with Gasteiger partial charge in [-0.3, -0.25) is 0 Å². The Balaban J connectivity index is 1.72. The van der Waals surface area contributed by atoms with E-state index < -0.39 is 0 Å². The van der Waals surface area contributed by atoms with Crippen molar-refractivity contribution in [2.24, 2.45) is 7.05 Å². The van der Waals surface area contributed by atoms with Crippen LogP contribution >= 0.6 is 11.8 Å². The van der Waals surface area contributed by atoms with Crippen LogP contribution in [0.4, 0.5) is 0 Å². The van der Waals surface area contributed by atoms with Gasteiger partial charge in [-0.05, 0) is 12.1 Å². The highest BCUT2D eigenvalue weighted by Crippen LogP contribution is 2.24. The van der Waals surface area contributed by atoms with Crippen LogP contribution in [0.3, 0.4) is 0 Å². The molecule has 0 saturated carbocycles. The van der Waals surface area contributed by atoms with E-state index in [0.717, 1.165) is 16.5 Å². The molecule has 0 radical (unpaired) electrons. The lowest BCUT2D eigenvalue weighted by Crippen LogP contribution is -1.90. The van der Waals surface area contributed by atoms with Crippen molar-refractivity contribution in [2.75, 3.05) is 7.11 Å². The summed E-state index contributed by atoms with van der Waals surface area (Å²) in [4.78, 5) is 8.63. The average Bonchev–Trinajstić information content (AvgIpc) is 3.14. The van der Waals surface area contributed by atoms with Gasteiger partial charge in [-0.2, -0.15) is 4.98 Å². The van der Waals surface area contributed by atoms with Crippen LogP contribution in [0.5, 0.6) is 5.75 Å². The van der Waals surface area contributed by atoms with Gasteiger partial charge in [0.05, 0.1) is 12.9 Å². The van der Waals surface area contributed by atoms with Gasteiger partial charge in [-0.1, -0.05) is 29.1 Å². The predicted molar refractivity (Wildman–Crippen MR) is 79.1 cm³/mol. The molecule has 1 aromatic carbocycles. The summed E-state index contributed by atoms with van der Waals surface area (Å²) in [7, 11) is 3.58. The second-order valence-electron chi connectivity index (χ2n) is 4.35. The van der Waals surface area contributed by atoms with Crippen LogP contribution < -0.4 is 4.74 Å². The molecule has 0 unspecified atom stereocenters. The summed E-state index contributed by atoms with van der Waals surface area (Å²) >= 11 is 1.55. The lowest BCUT2D eigenvalue weighted by molar-refractivity contribution is 0.391. The molecule has 108 valence electrons. The van der Waals surface area contributed by atoms with Gasteiger partial charge >= 0.3 is 0 Å². The first-order valence-electron chi connectivity index (χ1n) is 6.33. The normalized spacial score (nSPS) is 10.8. The Bertz CT molecular complexity index is 738. The Labute approximate surface area is 126 Å². The summed E-state index contributed by atoms with van der Waals surface area (Å²) in [5.41, 5.74) is 0.867. The highest BCUT2D eigenvalue weighted by molar-refractivity contribution is 7.98. The molecule has 0 aliphatic carbocycles. The molecule has 0 aliphatic rings. The molecule has 0 fully saturated rings. The SMILES string of the molecule is COc1cccc(-c2noc(CSc3nccn3C)n2)c1. The zero-order valence-electron chi connectivity index (χ0n) is 11.7. The molecular weight excluding hydrogens is 288 g/mol. The molecule has 0 N–H and O–H groups in total. The molecule has 0 spiro atoms. The molecule has 0 atom stereocenters. The Morgan fingerprint density at radius 2 is 2.29 bits per heavy atom. The van der Waals surface area contributed by atoms with Crippen molar-refractivity contribution < 1.29 is 9.26 Å². The maximum Gasteiger partial charge on any atom is 0.237 e. The molecular formula is C14H14N4O2S. The average molecular weight is 302 g/mol. The lowest BCUT2D eigenvalue weighted by Gasteiger charge is -2.00. The molecule has 7 heteroatoms. The second kappa shape index (κ2) is 6.01. The minimum absolute atomic E-state index is 0.560. The Morgan fingerprint density at radius 3 is 3.05 bits per heavy atom. The number of nitrogens with zero attached hydrogens (tertiary/aromatic N) is 4. The van der Waals surface area contributed by atoms with E-state index in [4.69, 9.17) is 9.26 Å².